The summed E-state index contributed by atoms with van der Waals surface area (Å²) in [5.41, 5.74) is -1.08. The Morgan fingerprint density at radius 1 is 1.19 bits per heavy atom. The maximum Gasteiger partial charge on any atom is 0.350 e. The quantitative estimate of drug-likeness (QED) is 0.449. The molecule has 0 amide bonds. The number of hydrogen-bond donors (Lipinski definition) is 1. The van der Waals surface area contributed by atoms with Crippen LogP contribution in [0.4, 0.5) is 0 Å². The van der Waals surface area contributed by atoms with Crippen molar-refractivity contribution >= 4 is 11.8 Å². The molecule has 1 N–H and O–H groups in total. The molecule has 0 aromatic carbocycles. The van der Waals surface area contributed by atoms with Gasteiger partial charge in [-0.1, -0.05) is 12.8 Å². The van der Waals surface area contributed by atoms with E-state index in [0.29, 0.717) is 19.3 Å². The summed E-state index contributed by atoms with van der Waals surface area (Å²) in [6, 6.07) is 1.25. The Bertz CT molecular complexity index is 558. The van der Waals surface area contributed by atoms with Crippen LogP contribution in [0.3, 0.4) is 0 Å². The van der Waals surface area contributed by atoms with Crippen molar-refractivity contribution in [2.75, 3.05) is 7.11 Å². The minimum Gasteiger partial charge on any atom is -0.507 e. The SMILES string of the molecule is COC(=O)CCCCCCC(=O)c1c(O)cc(C)oc1=O. The molecule has 0 unspecified atom stereocenters. The van der Waals surface area contributed by atoms with Crippen LogP contribution >= 0.6 is 0 Å². The van der Waals surface area contributed by atoms with E-state index in [1.165, 1.54) is 20.1 Å². The Morgan fingerprint density at radius 3 is 2.38 bits per heavy atom. The Kier molecular flexibility index (Phi) is 6.65. The number of carbonyl (C=O) groups is 2. The molecule has 0 atom stereocenters. The van der Waals surface area contributed by atoms with Crippen molar-refractivity contribution in [3.63, 3.8) is 0 Å². The van der Waals surface area contributed by atoms with E-state index in [9.17, 15) is 19.5 Å². The second-order valence-corrected chi connectivity index (χ2v) is 4.82. The first-order chi connectivity index (χ1) is 9.95. The standard InChI is InChI=1S/C15H20O6/c1-10-9-12(17)14(15(19)21-10)11(16)7-5-3-4-6-8-13(18)20-2/h9,17H,3-8H2,1-2H3. The van der Waals surface area contributed by atoms with Gasteiger partial charge in [0.15, 0.2) is 5.78 Å². The van der Waals surface area contributed by atoms with Crippen LogP contribution in [0.2, 0.25) is 0 Å². The third-order valence-corrected chi connectivity index (χ3v) is 3.10. The summed E-state index contributed by atoms with van der Waals surface area (Å²) in [5.74, 6) is -0.737. The average molecular weight is 296 g/mol. The van der Waals surface area contributed by atoms with Gasteiger partial charge in [0.05, 0.1) is 7.11 Å². The molecule has 0 saturated carbocycles. The number of esters is 1. The average Bonchev–Trinajstić information content (AvgIpc) is 2.41. The predicted octanol–water partition coefficient (Wildman–Crippen LogP) is 2.35. The predicted molar refractivity (Wildman–Crippen MR) is 75.4 cm³/mol. The van der Waals surface area contributed by atoms with Crippen molar-refractivity contribution in [1.29, 1.82) is 0 Å². The summed E-state index contributed by atoms with van der Waals surface area (Å²) in [5, 5.41) is 9.64. The van der Waals surface area contributed by atoms with Crippen molar-refractivity contribution in [2.24, 2.45) is 0 Å². The molecule has 0 fully saturated rings. The van der Waals surface area contributed by atoms with Crippen LogP contribution < -0.4 is 5.63 Å². The zero-order chi connectivity index (χ0) is 15.8. The molecule has 116 valence electrons. The van der Waals surface area contributed by atoms with Gasteiger partial charge in [0.2, 0.25) is 0 Å². The first kappa shape index (κ1) is 16.9. The Balaban J connectivity index is 2.38. The summed E-state index contributed by atoms with van der Waals surface area (Å²) in [7, 11) is 1.35. The fourth-order valence-corrected chi connectivity index (χ4v) is 1.99. The van der Waals surface area contributed by atoms with Gasteiger partial charge >= 0.3 is 11.6 Å². The highest BCUT2D eigenvalue weighted by molar-refractivity contribution is 5.97. The van der Waals surface area contributed by atoms with Crippen molar-refractivity contribution in [3.8, 4) is 5.75 Å². The molecule has 0 aliphatic rings. The van der Waals surface area contributed by atoms with Gasteiger partial charge in [0.25, 0.3) is 0 Å². The van der Waals surface area contributed by atoms with Crippen molar-refractivity contribution in [3.05, 3.63) is 27.8 Å². The molecule has 6 nitrogen and oxygen atoms in total. The number of ketones is 1. The number of aromatic hydroxyl groups is 1. The zero-order valence-electron chi connectivity index (χ0n) is 12.3. The number of hydrogen-bond acceptors (Lipinski definition) is 6. The van der Waals surface area contributed by atoms with E-state index in [0.717, 1.165) is 12.8 Å². The van der Waals surface area contributed by atoms with E-state index in [1.54, 1.807) is 0 Å². The second kappa shape index (κ2) is 8.24. The van der Waals surface area contributed by atoms with Crippen LogP contribution in [0.5, 0.6) is 5.75 Å². The number of methoxy groups -OCH3 is 1. The molecule has 0 spiro atoms. The molecule has 1 heterocycles. The minimum atomic E-state index is -0.803. The van der Waals surface area contributed by atoms with Gasteiger partial charge in [-0.05, 0) is 19.8 Å². The first-order valence-corrected chi connectivity index (χ1v) is 6.89. The Hall–Kier alpha value is -2.11. The van der Waals surface area contributed by atoms with Crippen LogP contribution in [0, 0.1) is 6.92 Å². The zero-order valence-corrected chi connectivity index (χ0v) is 12.3. The van der Waals surface area contributed by atoms with Crippen LogP contribution in [-0.4, -0.2) is 24.0 Å². The molecule has 0 aliphatic heterocycles. The molecule has 0 bridgehead atoms. The van der Waals surface area contributed by atoms with E-state index >= 15 is 0 Å². The van der Waals surface area contributed by atoms with Crippen LogP contribution in [0.15, 0.2) is 15.3 Å². The molecule has 21 heavy (non-hydrogen) atoms. The minimum absolute atomic E-state index is 0.166. The van der Waals surface area contributed by atoms with Gasteiger partial charge in [-0.25, -0.2) is 4.79 Å². The summed E-state index contributed by atoms with van der Waals surface area (Å²) in [4.78, 5) is 34.3. The van der Waals surface area contributed by atoms with Crippen LogP contribution in [-0.2, 0) is 9.53 Å². The lowest BCUT2D eigenvalue weighted by molar-refractivity contribution is -0.140. The van der Waals surface area contributed by atoms with Gasteiger partial charge in [-0.15, -0.1) is 0 Å². The van der Waals surface area contributed by atoms with Gasteiger partial charge < -0.3 is 14.3 Å². The normalized spacial score (nSPS) is 10.4. The van der Waals surface area contributed by atoms with E-state index in [-0.39, 0.29) is 29.5 Å². The number of carbonyl (C=O) groups excluding carboxylic acids is 2. The highest BCUT2D eigenvalue weighted by atomic mass is 16.5. The summed E-state index contributed by atoms with van der Waals surface area (Å²) >= 11 is 0. The molecule has 6 heteroatoms. The lowest BCUT2D eigenvalue weighted by Crippen LogP contribution is -2.14. The van der Waals surface area contributed by atoms with Gasteiger partial charge in [-0.2, -0.15) is 0 Å². The Morgan fingerprint density at radius 2 is 1.81 bits per heavy atom. The lowest BCUT2D eigenvalue weighted by atomic mass is 10.0. The van der Waals surface area contributed by atoms with Gasteiger partial charge in [-0.3, -0.25) is 9.59 Å². The molecule has 0 aliphatic carbocycles. The highest BCUT2D eigenvalue weighted by Gasteiger charge is 2.17. The van der Waals surface area contributed by atoms with E-state index in [2.05, 4.69) is 4.74 Å². The highest BCUT2D eigenvalue weighted by Crippen LogP contribution is 2.17. The topological polar surface area (TPSA) is 93.8 Å². The number of aryl methyl sites for hydroxylation is 1. The van der Waals surface area contributed by atoms with E-state index < -0.39 is 11.4 Å². The number of rotatable bonds is 8. The second-order valence-electron chi connectivity index (χ2n) is 4.82. The third-order valence-electron chi connectivity index (χ3n) is 3.10. The molecule has 1 aromatic rings. The molecule has 0 radical (unpaired) electrons. The maximum absolute atomic E-state index is 11.9. The molecule has 1 aromatic heterocycles. The van der Waals surface area contributed by atoms with Crippen LogP contribution in [0.25, 0.3) is 0 Å². The molecule has 1 rings (SSSR count). The fraction of sp³-hybridized carbons (Fsp3) is 0.533. The third kappa shape index (κ3) is 5.41. The molecular weight excluding hydrogens is 276 g/mol. The van der Waals surface area contributed by atoms with Gasteiger partial charge in [0.1, 0.15) is 17.1 Å². The van der Waals surface area contributed by atoms with Crippen molar-refractivity contribution < 1.29 is 23.8 Å². The molecular formula is C15H20O6. The summed E-state index contributed by atoms with van der Waals surface area (Å²) in [6.45, 7) is 1.52. The summed E-state index contributed by atoms with van der Waals surface area (Å²) < 4.78 is 9.33. The fourth-order valence-electron chi connectivity index (χ4n) is 1.99. The smallest absolute Gasteiger partial charge is 0.350 e. The van der Waals surface area contributed by atoms with E-state index in [4.69, 9.17) is 4.42 Å². The van der Waals surface area contributed by atoms with Gasteiger partial charge in [0, 0.05) is 18.9 Å². The maximum atomic E-state index is 11.9. The first-order valence-electron chi connectivity index (χ1n) is 6.89. The Labute approximate surface area is 122 Å². The molecule has 0 saturated heterocycles. The van der Waals surface area contributed by atoms with Crippen molar-refractivity contribution in [2.45, 2.75) is 45.4 Å². The van der Waals surface area contributed by atoms with Crippen molar-refractivity contribution in [1.82, 2.24) is 0 Å². The van der Waals surface area contributed by atoms with Crippen LogP contribution in [0.1, 0.15) is 54.6 Å². The van der Waals surface area contributed by atoms with E-state index in [1.807, 2.05) is 0 Å². The monoisotopic (exact) mass is 296 g/mol. The summed E-state index contributed by atoms with van der Waals surface area (Å²) in [6.07, 6.45) is 3.40. The number of ether oxygens (including phenoxy) is 1. The lowest BCUT2D eigenvalue weighted by Gasteiger charge is -2.03. The number of Topliss-reactive ketones (excluding diaryl/α,β-unsaturated/α-hetero) is 1. The largest absolute Gasteiger partial charge is 0.507 e. The number of unbranched alkanes of at least 4 members (excludes halogenated alkanes) is 3.